The first-order valence-corrected chi connectivity index (χ1v) is 10.0. The zero-order valence-electron chi connectivity index (χ0n) is 17.5. The summed E-state index contributed by atoms with van der Waals surface area (Å²) in [6.07, 6.45) is 3.52. The fourth-order valence-electron chi connectivity index (χ4n) is 3.40. The normalized spacial score (nSPS) is 11.0. The van der Waals surface area contributed by atoms with Crippen LogP contribution in [0.15, 0.2) is 60.9 Å². The van der Waals surface area contributed by atoms with Gasteiger partial charge in [0, 0.05) is 36.1 Å². The van der Waals surface area contributed by atoms with Crippen LogP contribution in [0.5, 0.6) is 5.75 Å². The first-order valence-electron chi connectivity index (χ1n) is 9.66. The highest BCUT2D eigenvalue weighted by Crippen LogP contribution is 2.41. The molecule has 0 atom stereocenters. The van der Waals surface area contributed by atoms with Gasteiger partial charge in [0.1, 0.15) is 5.75 Å². The van der Waals surface area contributed by atoms with Gasteiger partial charge in [0.15, 0.2) is 5.78 Å². The molecule has 0 fully saturated rings. The summed E-state index contributed by atoms with van der Waals surface area (Å²) in [6, 6.07) is 15.1. The zero-order valence-corrected chi connectivity index (χ0v) is 18.3. The van der Waals surface area contributed by atoms with E-state index in [9.17, 15) is 9.90 Å². The van der Waals surface area contributed by atoms with Gasteiger partial charge in [-0.3, -0.25) is 4.79 Å². The van der Waals surface area contributed by atoms with Crippen molar-refractivity contribution < 1.29 is 9.90 Å². The van der Waals surface area contributed by atoms with Gasteiger partial charge in [-0.1, -0.05) is 29.8 Å². The van der Waals surface area contributed by atoms with Crippen molar-refractivity contribution in [3.05, 3.63) is 82.6 Å². The van der Waals surface area contributed by atoms with Crippen LogP contribution in [0.25, 0.3) is 22.3 Å². The highest BCUT2D eigenvalue weighted by molar-refractivity contribution is 6.33. The summed E-state index contributed by atoms with van der Waals surface area (Å²) in [5.74, 6) is 0.162. The molecule has 0 aliphatic rings. The maximum Gasteiger partial charge on any atom is 0.160 e. The number of hydrogen-bond donors (Lipinski definition) is 3. The van der Waals surface area contributed by atoms with Gasteiger partial charge in [-0.05, 0) is 73.4 Å². The van der Waals surface area contributed by atoms with Crippen molar-refractivity contribution in [1.29, 1.82) is 0 Å². The molecule has 30 heavy (non-hydrogen) atoms. The maximum absolute atomic E-state index is 12.0. The van der Waals surface area contributed by atoms with Crippen LogP contribution in [0.4, 0.5) is 5.69 Å². The van der Waals surface area contributed by atoms with Crippen LogP contribution >= 0.6 is 11.6 Å². The Morgan fingerprint density at radius 1 is 0.967 bits per heavy atom. The highest BCUT2D eigenvalue weighted by Gasteiger charge is 2.15. The number of phenolic OH excluding ortho intramolecular Hbond substituents is 1. The minimum absolute atomic E-state index is 0.00362. The Bertz CT molecular complexity index is 1140. The lowest BCUT2D eigenvalue weighted by Crippen LogP contribution is -1.97. The van der Waals surface area contributed by atoms with Crippen molar-refractivity contribution in [3.8, 4) is 28.0 Å². The van der Waals surface area contributed by atoms with Gasteiger partial charge < -0.3 is 15.7 Å². The van der Waals surface area contributed by atoms with E-state index in [4.69, 9.17) is 11.6 Å². The summed E-state index contributed by atoms with van der Waals surface area (Å²) in [5.41, 5.74) is 6.32. The molecule has 0 aromatic heterocycles. The zero-order chi connectivity index (χ0) is 21.8. The van der Waals surface area contributed by atoms with Crippen molar-refractivity contribution in [2.45, 2.75) is 20.8 Å². The van der Waals surface area contributed by atoms with Crippen LogP contribution in [0.2, 0.25) is 5.02 Å². The van der Waals surface area contributed by atoms with Gasteiger partial charge in [-0.25, -0.2) is 0 Å². The van der Waals surface area contributed by atoms with Gasteiger partial charge in [0.25, 0.3) is 0 Å². The monoisotopic (exact) mass is 420 g/mol. The first kappa shape index (κ1) is 21.5. The van der Waals surface area contributed by atoms with E-state index in [0.717, 1.165) is 27.9 Å². The van der Waals surface area contributed by atoms with E-state index >= 15 is 0 Å². The highest BCUT2D eigenvalue weighted by atomic mass is 35.5. The van der Waals surface area contributed by atoms with Crippen molar-refractivity contribution in [2.24, 2.45) is 0 Å². The lowest BCUT2D eigenvalue weighted by molar-refractivity contribution is 0.101. The number of aromatic hydroxyl groups is 1. The SMILES string of the molecule is CN/C=C\Nc1ccc(-c2cc(C)cc(-c3ccc(C)c(C(C)=O)c3)c2O)cc1Cl. The molecule has 0 heterocycles. The Balaban J connectivity index is 2.08. The van der Waals surface area contributed by atoms with Gasteiger partial charge in [-0.2, -0.15) is 0 Å². The van der Waals surface area contributed by atoms with Gasteiger partial charge in [-0.15, -0.1) is 0 Å². The molecular weight excluding hydrogens is 396 g/mol. The quantitative estimate of drug-likeness (QED) is 0.409. The van der Waals surface area contributed by atoms with Gasteiger partial charge in [0.2, 0.25) is 0 Å². The topological polar surface area (TPSA) is 61.4 Å². The summed E-state index contributed by atoms with van der Waals surface area (Å²) >= 11 is 6.44. The summed E-state index contributed by atoms with van der Waals surface area (Å²) < 4.78 is 0. The number of Topliss-reactive ketones (excluding diaryl/α,β-unsaturated/α-hetero) is 1. The Morgan fingerprint density at radius 2 is 1.60 bits per heavy atom. The summed E-state index contributed by atoms with van der Waals surface area (Å²) in [5, 5.41) is 17.6. The number of benzene rings is 3. The molecule has 0 bridgehead atoms. The number of anilines is 1. The minimum Gasteiger partial charge on any atom is -0.507 e. The molecule has 0 aliphatic carbocycles. The number of nitrogens with one attached hydrogen (secondary N) is 2. The molecule has 3 aromatic carbocycles. The number of aryl methyl sites for hydroxylation is 2. The lowest BCUT2D eigenvalue weighted by Gasteiger charge is -2.15. The molecule has 0 saturated carbocycles. The minimum atomic E-state index is 0.00362. The largest absolute Gasteiger partial charge is 0.507 e. The summed E-state index contributed by atoms with van der Waals surface area (Å²) in [6.45, 7) is 5.44. The predicted octanol–water partition coefficient (Wildman–Crippen LogP) is 6.30. The number of ketones is 1. The number of hydrogen-bond acceptors (Lipinski definition) is 4. The number of halogens is 1. The second-order valence-corrected chi connectivity index (χ2v) is 7.66. The van der Waals surface area contributed by atoms with Crippen LogP contribution in [-0.4, -0.2) is 17.9 Å². The molecule has 0 saturated heterocycles. The molecular formula is C25H25ClN2O2. The average Bonchev–Trinajstić information content (AvgIpc) is 2.71. The second kappa shape index (κ2) is 9.06. The third-order valence-electron chi connectivity index (χ3n) is 4.95. The van der Waals surface area contributed by atoms with E-state index in [0.29, 0.717) is 21.7 Å². The molecule has 0 amide bonds. The maximum atomic E-state index is 12.0. The molecule has 5 heteroatoms. The second-order valence-electron chi connectivity index (χ2n) is 7.26. The fraction of sp³-hybridized carbons (Fsp3) is 0.160. The third-order valence-corrected chi connectivity index (χ3v) is 5.26. The molecule has 0 spiro atoms. The Morgan fingerprint density at radius 3 is 2.20 bits per heavy atom. The van der Waals surface area contributed by atoms with E-state index in [-0.39, 0.29) is 11.5 Å². The van der Waals surface area contributed by atoms with Crippen LogP contribution < -0.4 is 10.6 Å². The standard InChI is InChI=1S/C25H25ClN2O2/c1-15-11-21(18-6-5-16(2)20(13-18)17(3)29)25(30)22(12-15)19-7-8-24(23(26)14-19)28-10-9-27-4/h5-14,27-28,30H,1-4H3/b10-9-. The van der Waals surface area contributed by atoms with E-state index < -0.39 is 0 Å². The van der Waals surface area contributed by atoms with E-state index in [1.165, 1.54) is 0 Å². The lowest BCUT2D eigenvalue weighted by atomic mass is 9.92. The molecule has 0 aliphatic heterocycles. The van der Waals surface area contributed by atoms with Crippen LogP contribution in [0.1, 0.15) is 28.4 Å². The number of rotatable bonds is 6. The summed E-state index contributed by atoms with van der Waals surface area (Å²) in [4.78, 5) is 12.0. The molecule has 3 aromatic rings. The van der Waals surface area contributed by atoms with Crippen molar-refractivity contribution in [2.75, 3.05) is 12.4 Å². The van der Waals surface area contributed by atoms with Crippen molar-refractivity contribution in [1.82, 2.24) is 5.32 Å². The van der Waals surface area contributed by atoms with E-state index in [2.05, 4.69) is 10.6 Å². The molecule has 3 rings (SSSR count). The molecule has 0 unspecified atom stereocenters. The Hall–Kier alpha value is -3.24. The first-order chi connectivity index (χ1) is 14.3. The number of carbonyl (C=O) groups is 1. The molecule has 154 valence electrons. The van der Waals surface area contributed by atoms with Crippen LogP contribution in [0, 0.1) is 13.8 Å². The molecule has 0 radical (unpaired) electrons. The molecule has 4 nitrogen and oxygen atoms in total. The van der Waals surface area contributed by atoms with Crippen LogP contribution in [0.3, 0.4) is 0 Å². The van der Waals surface area contributed by atoms with Gasteiger partial charge in [0.05, 0.1) is 10.7 Å². The Kier molecular flexibility index (Phi) is 6.48. The number of carbonyl (C=O) groups excluding carboxylic acids is 1. The van der Waals surface area contributed by atoms with Crippen LogP contribution in [-0.2, 0) is 0 Å². The van der Waals surface area contributed by atoms with Crippen molar-refractivity contribution in [3.63, 3.8) is 0 Å². The summed E-state index contributed by atoms with van der Waals surface area (Å²) in [7, 11) is 1.81. The van der Waals surface area contributed by atoms with Crippen molar-refractivity contribution >= 4 is 23.1 Å². The smallest absolute Gasteiger partial charge is 0.160 e. The number of phenols is 1. The van der Waals surface area contributed by atoms with E-state index in [1.54, 1.807) is 19.3 Å². The predicted molar refractivity (Wildman–Crippen MR) is 125 cm³/mol. The molecule has 3 N–H and O–H groups in total. The third kappa shape index (κ3) is 4.50. The van der Waals surface area contributed by atoms with Gasteiger partial charge >= 0.3 is 0 Å². The fourth-order valence-corrected chi connectivity index (χ4v) is 3.64. The average molecular weight is 421 g/mol. The Labute approximate surface area is 182 Å². The van der Waals surface area contributed by atoms with E-state index in [1.807, 2.05) is 69.4 Å².